The van der Waals surface area contributed by atoms with E-state index in [-0.39, 0.29) is 11.3 Å². The van der Waals surface area contributed by atoms with Gasteiger partial charge in [0, 0.05) is 41.6 Å². The van der Waals surface area contributed by atoms with Crippen LogP contribution in [-0.2, 0) is 22.5 Å². The third-order valence-electron chi connectivity index (χ3n) is 7.62. The highest BCUT2D eigenvalue weighted by Crippen LogP contribution is 2.45. The topological polar surface area (TPSA) is 70.4 Å². The molecule has 0 saturated heterocycles. The third kappa shape index (κ3) is 4.31. The van der Waals surface area contributed by atoms with Crippen LogP contribution in [0.4, 0.5) is 0 Å². The second-order valence-electron chi connectivity index (χ2n) is 11.8. The summed E-state index contributed by atoms with van der Waals surface area (Å²) < 4.78 is 14.3. The lowest BCUT2D eigenvalue weighted by Gasteiger charge is -2.30. The van der Waals surface area contributed by atoms with Crippen molar-refractivity contribution in [2.24, 2.45) is 5.92 Å². The molecule has 0 N–H and O–H groups in total. The molecule has 1 fully saturated rings. The zero-order valence-electron chi connectivity index (χ0n) is 22.8. The Morgan fingerprint density at radius 3 is 2.68 bits per heavy atom. The fourth-order valence-electron chi connectivity index (χ4n) is 5.76. The van der Waals surface area contributed by atoms with E-state index in [2.05, 4.69) is 12.1 Å². The van der Waals surface area contributed by atoms with E-state index in [1.54, 1.807) is 13.0 Å². The number of ketones is 1. The molecule has 38 heavy (non-hydrogen) atoms. The smallest absolute Gasteiger partial charge is 0.251 e. The van der Waals surface area contributed by atoms with E-state index < -0.39 is 11.7 Å². The average Bonchev–Trinajstić information content (AvgIpc) is 3.68. The summed E-state index contributed by atoms with van der Waals surface area (Å²) in [5, 5.41) is 1.94. The highest BCUT2D eigenvalue weighted by Gasteiger charge is 2.32. The lowest BCUT2D eigenvalue weighted by atomic mass is 9.85. The van der Waals surface area contributed by atoms with Gasteiger partial charge in [-0.15, -0.1) is 0 Å². The van der Waals surface area contributed by atoms with Crippen LogP contribution in [0.1, 0.15) is 63.3 Å². The van der Waals surface area contributed by atoms with Crippen molar-refractivity contribution in [1.29, 1.82) is 0 Å². The summed E-state index contributed by atoms with van der Waals surface area (Å²) in [5.74, 6) is 1.31. The first-order valence-electron chi connectivity index (χ1n) is 13.5. The summed E-state index contributed by atoms with van der Waals surface area (Å²) in [7, 11) is 0. The summed E-state index contributed by atoms with van der Waals surface area (Å²) in [6.45, 7) is 10.8. The molecule has 1 unspecified atom stereocenters. The lowest BCUT2D eigenvalue weighted by Crippen LogP contribution is -2.27. The Labute approximate surface area is 222 Å². The van der Waals surface area contributed by atoms with Gasteiger partial charge >= 0.3 is 0 Å². The maximum absolute atomic E-state index is 13.2. The Morgan fingerprint density at radius 2 is 1.97 bits per heavy atom. The Hall–Kier alpha value is -3.51. The number of benzene rings is 2. The number of aromatic nitrogens is 2. The first-order chi connectivity index (χ1) is 18.1. The van der Waals surface area contributed by atoms with Crippen molar-refractivity contribution < 1.29 is 14.3 Å². The molecule has 2 aliphatic rings. The van der Waals surface area contributed by atoms with E-state index in [4.69, 9.17) is 14.5 Å². The molecule has 0 amide bonds. The quantitative estimate of drug-likeness (QED) is 0.304. The summed E-state index contributed by atoms with van der Waals surface area (Å²) >= 11 is 0. The molecule has 0 radical (unpaired) electrons. The Bertz CT molecular complexity index is 1650. The number of carbonyl (C=O) groups excluding carboxylic acids is 1. The van der Waals surface area contributed by atoms with Gasteiger partial charge < -0.3 is 14.0 Å². The minimum atomic E-state index is -0.764. The fraction of sp³-hybridized carbons (Fsp3) is 0.406. The van der Waals surface area contributed by atoms with Gasteiger partial charge in [-0.3, -0.25) is 14.6 Å². The van der Waals surface area contributed by atoms with Crippen molar-refractivity contribution in [3.05, 3.63) is 69.6 Å². The van der Waals surface area contributed by atoms with Crippen LogP contribution in [0.2, 0.25) is 0 Å². The minimum absolute atomic E-state index is 0.0000179. The number of rotatable bonds is 6. The van der Waals surface area contributed by atoms with Gasteiger partial charge in [0.05, 0.1) is 23.2 Å². The SMILES string of the molecule is CC(=O)C(OC(C)(C)C)c1c(C)cc2c(ccc(=O)n2CC2CC2)c1-c1ccc2c3c(ccnc13)CCO2. The van der Waals surface area contributed by atoms with E-state index in [1.807, 2.05) is 56.7 Å². The number of hydrogen-bond acceptors (Lipinski definition) is 5. The number of fused-ring (bicyclic) bond motifs is 1. The zero-order valence-corrected chi connectivity index (χ0v) is 22.8. The molecular formula is C32H34N2O4. The number of pyridine rings is 2. The van der Waals surface area contributed by atoms with E-state index in [1.165, 1.54) is 5.56 Å². The standard InChI is InChI=1S/C32H34N2O4/c1-18-16-24-22(9-11-26(36)34(24)17-20-6-7-20)29(27(18)31(19(2)35)38-32(3,4)5)23-8-10-25-28-21(13-15-37-25)12-14-33-30(23)28/h8-12,14,16,20,31H,6-7,13,15,17H2,1-5H3. The Morgan fingerprint density at radius 1 is 1.18 bits per heavy atom. The predicted octanol–water partition coefficient (Wildman–Crippen LogP) is 6.32. The van der Waals surface area contributed by atoms with Gasteiger partial charge in [-0.2, -0.15) is 0 Å². The Kier molecular flexibility index (Phi) is 5.91. The molecule has 6 rings (SSSR count). The monoisotopic (exact) mass is 510 g/mol. The van der Waals surface area contributed by atoms with Crippen molar-refractivity contribution >= 4 is 27.6 Å². The van der Waals surface area contributed by atoms with Crippen LogP contribution in [0, 0.1) is 12.8 Å². The van der Waals surface area contributed by atoms with Crippen LogP contribution in [0.25, 0.3) is 32.9 Å². The van der Waals surface area contributed by atoms with Gasteiger partial charge in [0.25, 0.3) is 5.56 Å². The molecule has 1 aliphatic carbocycles. The molecule has 0 bridgehead atoms. The average molecular weight is 511 g/mol. The summed E-state index contributed by atoms with van der Waals surface area (Å²) in [5.41, 5.74) is 5.96. The lowest BCUT2D eigenvalue weighted by molar-refractivity contribution is -0.138. The fourth-order valence-corrected chi connectivity index (χ4v) is 5.76. The van der Waals surface area contributed by atoms with Crippen molar-refractivity contribution in [2.45, 2.75) is 72.1 Å². The molecule has 4 aromatic rings. The van der Waals surface area contributed by atoms with Crippen LogP contribution in [0.3, 0.4) is 0 Å². The molecule has 2 aromatic heterocycles. The molecule has 196 valence electrons. The molecule has 1 aliphatic heterocycles. The number of hydrogen-bond donors (Lipinski definition) is 0. The van der Waals surface area contributed by atoms with Crippen molar-refractivity contribution in [1.82, 2.24) is 9.55 Å². The minimum Gasteiger partial charge on any atom is -0.493 e. The van der Waals surface area contributed by atoms with Gasteiger partial charge in [-0.05, 0) is 106 Å². The first-order valence-corrected chi connectivity index (χ1v) is 13.5. The third-order valence-corrected chi connectivity index (χ3v) is 7.62. The van der Waals surface area contributed by atoms with E-state index in [9.17, 15) is 9.59 Å². The Balaban J connectivity index is 1.74. The number of aryl methyl sites for hydroxylation is 1. The number of Topliss-reactive ketones (excluding diaryl/α,β-unsaturated/α-hetero) is 1. The normalized spacial score (nSPS) is 16.0. The van der Waals surface area contributed by atoms with Crippen LogP contribution in [0.15, 0.2) is 47.4 Å². The van der Waals surface area contributed by atoms with Gasteiger partial charge in [0.1, 0.15) is 11.9 Å². The maximum Gasteiger partial charge on any atom is 0.251 e. The maximum atomic E-state index is 13.2. The second-order valence-corrected chi connectivity index (χ2v) is 11.8. The van der Waals surface area contributed by atoms with Gasteiger partial charge in [-0.1, -0.05) is 0 Å². The van der Waals surface area contributed by atoms with Crippen LogP contribution in [0.5, 0.6) is 5.75 Å². The number of ether oxygens (including phenoxy) is 2. The number of carbonyl (C=O) groups is 1. The zero-order chi connectivity index (χ0) is 26.8. The summed E-state index contributed by atoms with van der Waals surface area (Å²) in [4.78, 5) is 31.1. The van der Waals surface area contributed by atoms with E-state index in [0.29, 0.717) is 19.1 Å². The molecule has 3 heterocycles. The van der Waals surface area contributed by atoms with E-state index in [0.717, 1.165) is 69.1 Å². The molecule has 6 heteroatoms. The van der Waals surface area contributed by atoms with Crippen molar-refractivity contribution in [3.63, 3.8) is 0 Å². The van der Waals surface area contributed by atoms with E-state index >= 15 is 0 Å². The van der Waals surface area contributed by atoms with Crippen LogP contribution in [-0.4, -0.2) is 27.5 Å². The second kappa shape index (κ2) is 9.05. The largest absolute Gasteiger partial charge is 0.493 e. The molecule has 1 atom stereocenters. The molecule has 0 spiro atoms. The first kappa shape index (κ1) is 24.8. The molecule has 1 saturated carbocycles. The van der Waals surface area contributed by atoms with Gasteiger partial charge in [0.15, 0.2) is 5.78 Å². The van der Waals surface area contributed by atoms with Crippen LogP contribution < -0.4 is 10.3 Å². The molecule has 6 nitrogen and oxygen atoms in total. The molecule has 2 aromatic carbocycles. The highest BCUT2D eigenvalue weighted by molar-refractivity contribution is 6.08. The van der Waals surface area contributed by atoms with Gasteiger partial charge in [0.2, 0.25) is 0 Å². The van der Waals surface area contributed by atoms with Crippen molar-refractivity contribution in [3.8, 4) is 16.9 Å². The van der Waals surface area contributed by atoms with Crippen molar-refractivity contribution in [2.75, 3.05) is 6.61 Å². The summed E-state index contributed by atoms with van der Waals surface area (Å²) in [6, 6.07) is 11.7. The number of nitrogens with zero attached hydrogens (tertiary/aromatic N) is 2. The van der Waals surface area contributed by atoms with Crippen LogP contribution >= 0.6 is 0 Å². The predicted molar refractivity (Wildman–Crippen MR) is 150 cm³/mol. The molecular weight excluding hydrogens is 476 g/mol. The highest BCUT2D eigenvalue weighted by atomic mass is 16.5. The van der Waals surface area contributed by atoms with Gasteiger partial charge in [-0.25, -0.2) is 0 Å². The summed E-state index contributed by atoms with van der Waals surface area (Å²) in [6.07, 6.45) is 4.21.